The summed E-state index contributed by atoms with van der Waals surface area (Å²) < 4.78 is 5.85. The van der Waals surface area contributed by atoms with Crippen LogP contribution in [-0.2, 0) is 11.3 Å². The Labute approximate surface area is 115 Å². The van der Waals surface area contributed by atoms with Gasteiger partial charge in [0.15, 0.2) is 0 Å². The first-order valence-corrected chi connectivity index (χ1v) is 7.44. The summed E-state index contributed by atoms with van der Waals surface area (Å²) in [5.74, 6) is 0. The molecule has 2 aliphatic rings. The molecule has 0 bridgehead atoms. The van der Waals surface area contributed by atoms with E-state index in [-0.39, 0.29) is 0 Å². The predicted octanol–water partition coefficient (Wildman–Crippen LogP) is 1.95. The molecule has 0 aromatic heterocycles. The molecule has 1 saturated heterocycles. The molecule has 1 aromatic carbocycles. The van der Waals surface area contributed by atoms with Crippen molar-refractivity contribution in [3.05, 3.63) is 35.4 Å². The van der Waals surface area contributed by atoms with Crippen molar-refractivity contribution >= 4 is 0 Å². The quantitative estimate of drug-likeness (QED) is 0.876. The van der Waals surface area contributed by atoms with Gasteiger partial charge in [0.25, 0.3) is 0 Å². The molecule has 1 aliphatic carbocycles. The summed E-state index contributed by atoms with van der Waals surface area (Å²) in [6.45, 7) is 7.19. The van der Waals surface area contributed by atoms with Gasteiger partial charge in [0.1, 0.15) is 0 Å². The number of ether oxygens (including phenoxy) is 1. The van der Waals surface area contributed by atoms with Gasteiger partial charge in [-0.2, -0.15) is 0 Å². The minimum atomic E-state index is 0.360. The summed E-state index contributed by atoms with van der Waals surface area (Å²) in [6.07, 6.45) is 3.14. The molecule has 0 radical (unpaired) electrons. The van der Waals surface area contributed by atoms with E-state index in [2.05, 4.69) is 41.4 Å². The number of nitrogens with one attached hydrogen (secondary N) is 1. The largest absolute Gasteiger partial charge is 0.374 e. The van der Waals surface area contributed by atoms with Crippen molar-refractivity contribution < 1.29 is 4.74 Å². The fourth-order valence-corrected chi connectivity index (χ4v) is 2.81. The maximum atomic E-state index is 5.85. The Morgan fingerprint density at radius 3 is 2.95 bits per heavy atom. The van der Waals surface area contributed by atoms with Gasteiger partial charge in [-0.25, -0.2) is 0 Å². The molecule has 3 rings (SSSR count). The molecule has 1 heterocycles. The molecular weight excluding hydrogens is 236 g/mol. The molecule has 3 heteroatoms. The average Bonchev–Trinajstić information content (AvgIpc) is 3.26. The van der Waals surface area contributed by atoms with Crippen LogP contribution in [0.25, 0.3) is 0 Å². The Bertz CT molecular complexity index is 417. The van der Waals surface area contributed by atoms with E-state index in [1.54, 1.807) is 0 Å². The normalized spacial score (nSPS) is 24.6. The van der Waals surface area contributed by atoms with Crippen LogP contribution >= 0.6 is 0 Å². The van der Waals surface area contributed by atoms with Crippen molar-refractivity contribution in [1.29, 1.82) is 0 Å². The summed E-state index contributed by atoms with van der Waals surface area (Å²) >= 11 is 0. The zero-order valence-corrected chi connectivity index (χ0v) is 11.8. The Hall–Kier alpha value is -0.900. The summed E-state index contributed by atoms with van der Waals surface area (Å²) in [5, 5.41) is 3.54. The van der Waals surface area contributed by atoms with E-state index in [1.165, 1.54) is 24.0 Å². The lowest BCUT2D eigenvalue weighted by Gasteiger charge is -2.33. The van der Waals surface area contributed by atoms with Crippen molar-refractivity contribution in [2.24, 2.45) is 0 Å². The molecular formula is C16H24N2O. The first-order chi connectivity index (χ1) is 9.33. The molecule has 0 spiro atoms. The number of morpholine rings is 1. The second-order valence-electron chi connectivity index (χ2n) is 5.78. The van der Waals surface area contributed by atoms with Gasteiger partial charge in [0.2, 0.25) is 0 Å². The van der Waals surface area contributed by atoms with Gasteiger partial charge in [-0.1, -0.05) is 24.3 Å². The van der Waals surface area contributed by atoms with Gasteiger partial charge in [-0.3, -0.25) is 4.90 Å². The fraction of sp³-hybridized carbons (Fsp3) is 0.625. The maximum Gasteiger partial charge on any atom is 0.0826 e. The molecule has 104 valence electrons. The van der Waals surface area contributed by atoms with Crippen LogP contribution in [0.1, 0.15) is 24.0 Å². The number of aryl methyl sites for hydroxylation is 1. The zero-order chi connectivity index (χ0) is 13.1. The number of benzene rings is 1. The maximum absolute atomic E-state index is 5.85. The number of nitrogens with zero attached hydrogens (tertiary/aromatic N) is 1. The molecule has 1 aromatic rings. The lowest BCUT2D eigenvalue weighted by Crippen LogP contribution is -2.47. The monoisotopic (exact) mass is 260 g/mol. The summed E-state index contributed by atoms with van der Waals surface area (Å²) in [4.78, 5) is 2.60. The van der Waals surface area contributed by atoms with Gasteiger partial charge in [0, 0.05) is 32.2 Å². The Kier molecular flexibility index (Phi) is 4.16. The van der Waals surface area contributed by atoms with Crippen LogP contribution in [0.5, 0.6) is 0 Å². The van der Waals surface area contributed by atoms with Crippen LogP contribution in [0, 0.1) is 6.92 Å². The van der Waals surface area contributed by atoms with Crippen molar-refractivity contribution in [3.8, 4) is 0 Å². The molecule has 1 saturated carbocycles. The van der Waals surface area contributed by atoms with E-state index < -0.39 is 0 Å². The van der Waals surface area contributed by atoms with E-state index in [9.17, 15) is 0 Å². The van der Waals surface area contributed by atoms with E-state index in [0.717, 1.165) is 38.8 Å². The predicted molar refractivity (Wildman–Crippen MR) is 77.2 cm³/mol. The van der Waals surface area contributed by atoms with Crippen LogP contribution < -0.4 is 5.32 Å². The SMILES string of the molecule is Cc1ccccc1CNC[C@H]1CN(C2CC2)CCO1. The number of hydrogen-bond acceptors (Lipinski definition) is 3. The first kappa shape index (κ1) is 13.1. The Balaban J connectivity index is 1.43. The Morgan fingerprint density at radius 2 is 2.16 bits per heavy atom. The van der Waals surface area contributed by atoms with Gasteiger partial charge in [0.05, 0.1) is 12.7 Å². The molecule has 0 amide bonds. The zero-order valence-electron chi connectivity index (χ0n) is 11.8. The topological polar surface area (TPSA) is 24.5 Å². The highest BCUT2D eigenvalue weighted by Crippen LogP contribution is 2.28. The molecule has 2 fully saturated rings. The van der Waals surface area contributed by atoms with E-state index >= 15 is 0 Å². The highest BCUT2D eigenvalue weighted by atomic mass is 16.5. The third-order valence-electron chi connectivity index (χ3n) is 4.18. The standard InChI is InChI=1S/C16H24N2O/c1-13-4-2-3-5-14(13)10-17-11-16-12-18(8-9-19-16)15-6-7-15/h2-5,15-17H,6-12H2,1H3/t16-/m0/s1. The summed E-state index contributed by atoms with van der Waals surface area (Å²) in [6, 6.07) is 9.43. The first-order valence-electron chi connectivity index (χ1n) is 7.44. The average molecular weight is 260 g/mol. The molecule has 1 aliphatic heterocycles. The van der Waals surface area contributed by atoms with Gasteiger partial charge < -0.3 is 10.1 Å². The highest BCUT2D eigenvalue weighted by molar-refractivity contribution is 5.25. The van der Waals surface area contributed by atoms with Crippen LogP contribution in [0.3, 0.4) is 0 Å². The second kappa shape index (κ2) is 6.04. The third-order valence-corrected chi connectivity index (χ3v) is 4.18. The van der Waals surface area contributed by atoms with E-state index in [4.69, 9.17) is 4.74 Å². The lowest BCUT2D eigenvalue weighted by atomic mass is 10.1. The molecule has 19 heavy (non-hydrogen) atoms. The van der Waals surface area contributed by atoms with Gasteiger partial charge >= 0.3 is 0 Å². The fourth-order valence-electron chi connectivity index (χ4n) is 2.81. The molecule has 3 nitrogen and oxygen atoms in total. The van der Waals surface area contributed by atoms with Crippen LogP contribution in [0.2, 0.25) is 0 Å². The Morgan fingerprint density at radius 1 is 1.32 bits per heavy atom. The van der Waals surface area contributed by atoms with E-state index in [1.807, 2.05) is 0 Å². The van der Waals surface area contributed by atoms with Gasteiger partial charge in [-0.05, 0) is 30.9 Å². The lowest BCUT2D eigenvalue weighted by molar-refractivity contribution is -0.0301. The van der Waals surface area contributed by atoms with Crippen LogP contribution in [0.15, 0.2) is 24.3 Å². The third kappa shape index (κ3) is 3.56. The highest BCUT2D eigenvalue weighted by Gasteiger charge is 2.32. The minimum absolute atomic E-state index is 0.360. The molecule has 1 atom stereocenters. The van der Waals surface area contributed by atoms with Crippen molar-refractivity contribution in [2.45, 2.75) is 38.5 Å². The van der Waals surface area contributed by atoms with Crippen molar-refractivity contribution in [2.75, 3.05) is 26.2 Å². The molecule has 0 unspecified atom stereocenters. The van der Waals surface area contributed by atoms with Crippen LogP contribution in [-0.4, -0.2) is 43.3 Å². The van der Waals surface area contributed by atoms with Crippen molar-refractivity contribution in [3.63, 3.8) is 0 Å². The number of hydrogen-bond donors (Lipinski definition) is 1. The smallest absolute Gasteiger partial charge is 0.0826 e. The van der Waals surface area contributed by atoms with Crippen LogP contribution in [0.4, 0.5) is 0 Å². The number of rotatable bonds is 5. The van der Waals surface area contributed by atoms with Gasteiger partial charge in [-0.15, -0.1) is 0 Å². The second-order valence-corrected chi connectivity index (χ2v) is 5.78. The van der Waals surface area contributed by atoms with E-state index in [0.29, 0.717) is 6.10 Å². The summed E-state index contributed by atoms with van der Waals surface area (Å²) in [7, 11) is 0. The minimum Gasteiger partial charge on any atom is -0.374 e. The molecule has 1 N–H and O–H groups in total. The van der Waals surface area contributed by atoms with Crippen molar-refractivity contribution in [1.82, 2.24) is 10.2 Å². The summed E-state index contributed by atoms with van der Waals surface area (Å²) in [5.41, 5.74) is 2.75.